The molecular formula is C4H9NO5S. The number of rotatable bonds is 4. The van der Waals surface area contributed by atoms with E-state index in [-0.39, 0.29) is 6.41 Å². The van der Waals surface area contributed by atoms with E-state index in [0.29, 0.717) is 0 Å². The van der Waals surface area contributed by atoms with E-state index in [9.17, 15) is 13.2 Å². The minimum absolute atomic E-state index is 0.269. The van der Waals surface area contributed by atoms with Crippen molar-refractivity contribution in [2.75, 3.05) is 0 Å². The zero-order valence-electron chi connectivity index (χ0n) is 6.07. The number of amides is 1. The fraction of sp³-hybridized carbons (Fsp3) is 0.750. The van der Waals surface area contributed by atoms with Crippen molar-refractivity contribution in [1.29, 1.82) is 0 Å². The fourth-order valence-electron chi connectivity index (χ4n) is 0.429. The molecule has 0 saturated heterocycles. The second kappa shape index (κ2) is 3.16. The smallest absolute Gasteiger partial charge is 0.330 e. The van der Waals surface area contributed by atoms with E-state index in [1.165, 1.54) is 13.8 Å². The molecule has 0 aromatic rings. The molecule has 11 heavy (non-hydrogen) atoms. The zero-order valence-corrected chi connectivity index (χ0v) is 6.88. The number of carbonyl (C=O) groups excluding carboxylic acids is 1. The van der Waals surface area contributed by atoms with Gasteiger partial charge in [0.1, 0.15) is 0 Å². The predicted molar refractivity (Wildman–Crippen MR) is 35.9 cm³/mol. The molecule has 0 aliphatic carbocycles. The van der Waals surface area contributed by atoms with E-state index < -0.39 is 16.1 Å². The van der Waals surface area contributed by atoms with Crippen LogP contribution in [-0.2, 0) is 19.4 Å². The Labute approximate surface area is 64.5 Å². The summed E-state index contributed by atoms with van der Waals surface area (Å²) in [5, 5.41) is 2.04. The molecule has 2 N–H and O–H groups in total. The summed E-state index contributed by atoms with van der Waals surface area (Å²) in [5.74, 6) is 0. The molecule has 0 rings (SSSR count). The molecule has 0 aliphatic rings. The van der Waals surface area contributed by atoms with E-state index in [2.05, 4.69) is 4.18 Å². The summed E-state index contributed by atoms with van der Waals surface area (Å²) in [4.78, 5) is 9.84. The summed E-state index contributed by atoms with van der Waals surface area (Å²) < 4.78 is 32.4. The maximum absolute atomic E-state index is 10.1. The molecule has 0 fully saturated rings. The van der Waals surface area contributed by atoms with Gasteiger partial charge in [-0.25, -0.2) is 4.18 Å². The first kappa shape index (κ1) is 10.3. The van der Waals surface area contributed by atoms with Crippen LogP contribution >= 0.6 is 0 Å². The first-order valence-electron chi connectivity index (χ1n) is 2.66. The third-order valence-corrected chi connectivity index (χ3v) is 1.35. The Morgan fingerprint density at radius 1 is 1.55 bits per heavy atom. The van der Waals surface area contributed by atoms with Gasteiger partial charge in [-0.1, -0.05) is 0 Å². The maximum Gasteiger partial charge on any atom is 0.399 e. The summed E-state index contributed by atoms with van der Waals surface area (Å²) in [6.45, 7) is 2.55. The number of hydrogen-bond donors (Lipinski definition) is 2. The molecule has 0 aromatic carbocycles. The largest absolute Gasteiger partial charge is 0.399 e. The Hall–Kier alpha value is -0.660. The van der Waals surface area contributed by atoms with Crippen LogP contribution in [0.2, 0.25) is 0 Å². The van der Waals surface area contributed by atoms with Crippen molar-refractivity contribution < 1.29 is 21.9 Å². The summed E-state index contributed by atoms with van der Waals surface area (Å²) >= 11 is 0. The number of hydrogen-bond acceptors (Lipinski definition) is 4. The van der Waals surface area contributed by atoms with E-state index >= 15 is 0 Å². The third-order valence-electron chi connectivity index (χ3n) is 0.720. The predicted octanol–water partition coefficient (Wildman–Crippen LogP) is -0.712. The lowest BCUT2D eigenvalue weighted by molar-refractivity contribution is -0.113. The van der Waals surface area contributed by atoms with Gasteiger partial charge in [0.2, 0.25) is 6.41 Å². The van der Waals surface area contributed by atoms with Gasteiger partial charge in [-0.05, 0) is 13.8 Å². The van der Waals surface area contributed by atoms with Crippen molar-refractivity contribution in [2.24, 2.45) is 0 Å². The Balaban J connectivity index is 4.24. The van der Waals surface area contributed by atoms with Gasteiger partial charge in [-0.2, -0.15) is 8.42 Å². The van der Waals surface area contributed by atoms with Crippen molar-refractivity contribution in [3.05, 3.63) is 0 Å². The van der Waals surface area contributed by atoms with Crippen LogP contribution in [0.4, 0.5) is 0 Å². The molecule has 0 unspecified atom stereocenters. The van der Waals surface area contributed by atoms with Crippen molar-refractivity contribution in [1.82, 2.24) is 5.32 Å². The summed E-state index contributed by atoms with van der Waals surface area (Å²) in [5.41, 5.74) is -1.42. The molecule has 1 amide bonds. The minimum Gasteiger partial charge on any atom is -0.330 e. The monoisotopic (exact) mass is 183 g/mol. The van der Waals surface area contributed by atoms with Gasteiger partial charge in [0.05, 0.1) is 0 Å². The normalized spacial score (nSPS) is 12.6. The lowest BCUT2D eigenvalue weighted by Gasteiger charge is -2.20. The second-order valence-electron chi connectivity index (χ2n) is 2.28. The Morgan fingerprint density at radius 3 is 2.27 bits per heavy atom. The molecule has 7 heteroatoms. The van der Waals surface area contributed by atoms with Crippen molar-refractivity contribution >= 4 is 16.8 Å². The van der Waals surface area contributed by atoms with Gasteiger partial charge < -0.3 is 5.32 Å². The molecule has 0 aliphatic heterocycles. The molecule has 0 spiro atoms. The van der Waals surface area contributed by atoms with Crippen LogP contribution in [0.3, 0.4) is 0 Å². The molecule has 0 saturated carbocycles. The number of carbonyl (C=O) groups is 1. The molecule has 0 heterocycles. The Kier molecular flexibility index (Phi) is 2.97. The highest BCUT2D eigenvalue weighted by atomic mass is 32.3. The molecule has 0 atom stereocenters. The van der Waals surface area contributed by atoms with Gasteiger partial charge in [-0.3, -0.25) is 9.35 Å². The highest BCUT2D eigenvalue weighted by Gasteiger charge is 2.23. The van der Waals surface area contributed by atoms with E-state index in [1.807, 2.05) is 5.32 Å². The van der Waals surface area contributed by atoms with Crippen LogP contribution in [0.15, 0.2) is 0 Å². The second-order valence-corrected chi connectivity index (χ2v) is 3.31. The Bertz CT molecular complexity index is 231. The highest BCUT2D eigenvalue weighted by molar-refractivity contribution is 7.80. The minimum atomic E-state index is -4.53. The summed E-state index contributed by atoms with van der Waals surface area (Å²) in [6, 6.07) is 0. The van der Waals surface area contributed by atoms with Crippen molar-refractivity contribution in [3.8, 4) is 0 Å². The molecule has 0 radical (unpaired) electrons. The molecule has 66 valence electrons. The summed E-state index contributed by atoms with van der Waals surface area (Å²) in [6.07, 6.45) is 0.269. The molecule has 0 bridgehead atoms. The lowest BCUT2D eigenvalue weighted by Crippen LogP contribution is -2.42. The maximum atomic E-state index is 10.1. The van der Waals surface area contributed by atoms with Crippen LogP contribution in [0.5, 0.6) is 0 Å². The average molecular weight is 183 g/mol. The van der Waals surface area contributed by atoms with Crippen molar-refractivity contribution in [2.45, 2.75) is 19.6 Å². The van der Waals surface area contributed by atoms with Crippen LogP contribution in [0, 0.1) is 0 Å². The average Bonchev–Trinajstić information content (AvgIpc) is 1.55. The van der Waals surface area contributed by atoms with Gasteiger partial charge in [0.25, 0.3) is 0 Å². The van der Waals surface area contributed by atoms with Crippen LogP contribution in [0.1, 0.15) is 13.8 Å². The van der Waals surface area contributed by atoms with E-state index in [0.717, 1.165) is 0 Å². The van der Waals surface area contributed by atoms with Gasteiger partial charge in [0.15, 0.2) is 5.72 Å². The van der Waals surface area contributed by atoms with Crippen LogP contribution < -0.4 is 5.32 Å². The number of nitrogens with one attached hydrogen (secondary N) is 1. The third kappa shape index (κ3) is 5.77. The van der Waals surface area contributed by atoms with Crippen LogP contribution in [-0.4, -0.2) is 25.1 Å². The van der Waals surface area contributed by atoms with Gasteiger partial charge in [0, 0.05) is 0 Å². The zero-order chi connectivity index (χ0) is 9.12. The fourth-order valence-corrected chi connectivity index (χ4v) is 1.00. The Morgan fingerprint density at radius 2 is 2.00 bits per heavy atom. The quantitative estimate of drug-likeness (QED) is 0.341. The lowest BCUT2D eigenvalue weighted by atomic mass is 10.3. The van der Waals surface area contributed by atoms with Crippen molar-refractivity contribution in [3.63, 3.8) is 0 Å². The topological polar surface area (TPSA) is 92.7 Å². The van der Waals surface area contributed by atoms with Crippen LogP contribution in [0.25, 0.3) is 0 Å². The van der Waals surface area contributed by atoms with Gasteiger partial charge in [-0.15, -0.1) is 0 Å². The van der Waals surface area contributed by atoms with E-state index in [1.54, 1.807) is 0 Å². The highest BCUT2D eigenvalue weighted by Crippen LogP contribution is 2.06. The summed E-state index contributed by atoms with van der Waals surface area (Å²) in [7, 11) is -4.53. The van der Waals surface area contributed by atoms with E-state index in [4.69, 9.17) is 4.55 Å². The molecule has 6 nitrogen and oxygen atoms in total. The molecule has 0 aromatic heterocycles. The first-order valence-corrected chi connectivity index (χ1v) is 4.03. The van der Waals surface area contributed by atoms with Gasteiger partial charge >= 0.3 is 10.4 Å². The SMILES string of the molecule is CC(C)(NC=O)OS(=O)(=O)O. The standard InChI is InChI=1S/C4H9NO5S/c1-4(2,5-3-6)10-11(7,8)9/h3H,1-2H3,(H,5,6)(H,7,8,9). The molecular weight excluding hydrogens is 174 g/mol. The first-order chi connectivity index (χ1) is 4.77.